The maximum atomic E-state index is 4.53. The van der Waals surface area contributed by atoms with Crippen molar-refractivity contribution in [2.24, 2.45) is 7.05 Å². The summed E-state index contributed by atoms with van der Waals surface area (Å²) in [6, 6.07) is 6.16. The molecule has 1 aromatic carbocycles. The molecule has 0 amide bonds. The van der Waals surface area contributed by atoms with Gasteiger partial charge in [-0.05, 0) is 30.3 Å². The summed E-state index contributed by atoms with van der Waals surface area (Å²) in [6.45, 7) is 2.00. The molecule has 0 bridgehead atoms. The van der Waals surface area contributed by atoms with Crippen LogP contribution in [0.25, 0.3) is 11.0 Å². The molecular formula is C11H12N6S. The molecule has 0 aliphatic carbocycles. The minimum absolute atomic E-state index is 0.766. The molecule has 6 nitrogen and oxygen atoms in total. The van der Waals surface area contributed by atoms with Crippen LogP contribution >= 0.6 is 11.5 Å². The quantitative estimate of drug-likeness (QED) is 0.704. The molecule has 18 heavy (non-hydrogen) atoms. The van der Waals surface area contributed by atoms with E-state index in [9.17, 15) is 0 Å². The van der Waals surface area contributed by atoms with Gasteiger partial charge in [0.1, 0.15) is 5.82 Å². The maximum Gasteiger partial charge on any atom is 0.232 e. The fraction of sp³-hybridized carbons (Fsp3) is 0.273. The van der Waals surface area contributed by atoms with Crippen molar-refractivity contribution in [2.45, 2.75) is 6.92 Å². The van der Waals surface area contributed by atoms with Gasteiger partial charge in [0, 0.05) is 31.3 Å². The minimum atomic E-state index is 0.766. The van der Waals surface area contributed by atoms with Gasteiger partial charge in [0.2, 0.25) is 5.13 Å². The Kier molecular flexibility index (Phi) is 2.48. The zero-order valence-corrected chi connectivity index (χ0v) is 11.1. The zero-order valence-electron chi connectivity index (χ0n) is 10.3. The van der Waals surface area contributed by atoms with Crippen molar-refractivity contribution in [1.29, 1.82) is 0 Å². The van der Waals surface area contributed by atoms with E-state index in [4.69, 9.17) is 0 Å². The molecule has 7 heteroatoms. The van der Waals surface area contributed by atoms with Gasteiger partial charge in [-0.2, -0.15) is 0 Å². The topological polar surface area (TPSA) is 59.7 Å². The van der Waals surface area contributed by atoms with Crippen molar-refractivity contribution in [3.63, 3.8) is 0 Å². The first-order chi connectivity index (χ1) is 8.66. The van der Waals surface area contributed by atoms with Gasteiger partial charge in [-0.15, -0.1) is 0 Å². The Labute approximate surface area is 108 Å². The Balaban J connectivity index is 2.08. The number of imidazole rings is 1. The van der Waals surface area contributed by atoms with Gasteiger partial charge < -0.3 is 9.47 Å². The van der Waals surface area contributed by atoms with Gasteiger partial charge >= 0.3 is 0 Å². The van der Waals surface area contributed by atoms with E-state index >= 15 is 0 Å². The molecule has 92 valence electrons. The highest BCUT2D eigenvalue weighted by atomic mass is 32.1. The summed E-state index contributed by atoms with van der Waals surface area (Å²) in [6.07, 6.45) is 0. The van der Waals surface area contributed by atoms with Crippen LogP contribution in [0.5, 0.6) is 0 Å². The van der Waals surface area contributed by atoms with E-state index in [2.05, 4.69) is 30.4 Å². The van der Waals surface area contributed by atoms with E-state index in [1.165, 1.54) is 11.5 Å². The Morgan fingerprint density at radius 2 is 2.17 bits per heavy atom. The lowest BCUT2D eigenvalue weighted by atomic mass is 10.2. The van der Waals surface area contributed by atoms with Crippen LogP contribution in [-0.2, 0) is 7.05 Å². The Bertz CT molecular complexity index is 687. The average Bonchev–Trinajstić information content (AvgIpc) is 2.98. The lowest BCUT2D eigenvalue weighted by molar-refractivity contribution is 0.886. The standard InChI is InChI=1S/C11H12N6S/c1-7-12-9-6-8(4-5-10(9)16(7)2)17(3)11-13-14-15-18-11/h4-6H,1-3H3. The fourth-order valence-electron chi connectivity index (χ4n) is 1.89. The molecule has 3 aromatic rings. The molecule has 0 saturated carbocycles. The highest BCUT2D eigenvalue weighted by Crippen LogP contribution is 2.26. The smallest absolute Gasteiger partial charge is 0.232 e. The highest BCUT2D eigenvalue weighted by Gasteiger charge is 2.11. The van der Waals surface area contributed by atoms with Crippen molar-refractivity contribution in [2.75, 3.05) is 11.9 Å². The Morgan fingerprint density at radius 3 is 2.89 bits per heavy atom. The van der Waals surface area contributed by atoms with Crippen LogP contribution in [-0.4, -0.2) is 31.4 Å². The van der Waals surface area contributed by atoms with Crippen LogP contribution < -0.4 is 4.90 Å². The summed E-state index contributed by atoms with van der Waals surface area (Å²) in [4.78, 5) is 6.48. The lowest BCUT2D eigenvalue weighted by Gasteiger charge is -2.14. The Morgan fingerprint density at radius 1 is 1.33 bits per heavy atom. The van der Waals surface area contributed by atoms with Crippen molar-refractivity contribution >= 4 is 33.4 Å². The molecular weight excluding hydrogens is 248 g/mol. The predicted molar refractivity (Wildman–Crippen MR) is 71.2 cm³/mol. The van der Waals surface area contributed by atoms with Crippen LogP contribution in [0, 0.1) is 6.92 Å². The molecule has 0 unspecified atom stereocenters. The van der Waals surface area contributed by atoms with Gasteiger partial charge in [0.25, 0.3) is 0 Å². The molecule has 0 spiro atoms. The van der Waals surface area contributed by atoms with E-state index in [0.717, 1.165) is 27.7 Å². The number of anilines is 2. The second-order valence-electron chi connectivity index (χ2n) is 4.10. The highest BCUT2D eigenvalue weighted by molar-refractivity contribution is 7.09. The van der Waals surface area contributed by atoms with E-state index in [1.807, 2.05) is 38.1 Å². The molecule has 0 aliphatic heterocycles. The number of rotatable bonds is 2. The molecule has 0 aliphatic rings. The first kappa shape index (κ1) is 11.1. The molecule has 0 radical (unpaired) electrons. The minimum Gasteiger partial charge on any atom is -0.331 e. The van der Waals surface area contributed by atoms with Crippen LogP contribution in [0.2, 0.25) is 0 Å². The molecule has 2 aromatic heterocycles. The normalized spacial score (nSPS) is 11.1. The second kappa shape index (κ2) is 4.02. The number of hydrogen-bond acceptors (Lipinski definition) is 6. The van der Waals surface area contributed by atoms with Gasteiger partial charge in [-0.3, -0.25) is 0 Å². The van der Waals surface area contributed by atoms with Gasteiger partial charge in [-0.1, -0.05) is 9.59 Å². The largest absolute Gasteiger partial charge is 0.331 e. The first-order valence-electron chi connectivity index (χ1n) is 5.48. The number of aromatic nitrogens is 5. The summed E-state index contributed by atoms with van der Waals surface area (Å²) in [5.74, 6) is 1.00. The zero-order chi connectivity index (χ0) is 12.7. The third-order valence-corrected chi connectivity index (χ3v) is 3.72. The van der Waals surface area contributed by atoms with Gasteiger partial charge in [0.05, 0.1) is 11.0 Å². The van der Waals surface area contributed by atoms with Crippen molar-refractivity contribution in [1.82, 2.24) is 24.4 Å². The second-order valence-corrected chi connectivity index (χ2v) is 4.81. The van der Waals surface area contributed by atoms with E-state index in [0.29, 0.717) is 0 Å². The van der Waals surface area contributed by atoms with Crippen LogP contribution in [0.4, 0.5) is 10.8 Å². The third kappa shape index (κ3) is 1.63. The Hall–Kier alpha value is -2.02. The number of nitrogens with zero attached hydrogens (tertiary/aromatic N) is 6. The monoisotopic (exact) mass is 260 g/mol. The first-order valence-corrected chi connectivity index (χ1v) is 6.26. The number of fused-ring (bicyclic) bond motifs is 1. The maximum absolute atomic E-state index is 4.53. The third-order valence-electron chi connectivity index (χ3n) is 3.05. The van der Waals surface area contributed by atoms with Crippen molar-refractivity contribution in [3.8, 4) is 0 Å². The van der Waals surface area contributed by atoms with Crippen molar-refractivity contribution < 1.29 is 0 Å². The average molecular weight is 260 g/mol. The molecule has 3 rings (SSSR count). The summed E-state index contributed by atoms with van der Waals surface area (Å²) in [7, 11) is 3.96. The summed E-state index contributed by atoms with van der Waals surface area (Å²) in [5.41, 5.74) is 3.14. The molecule has 0 fully saturated rings. The van der Waals surface area contributed by atoms with E-state index in [-0.39, 0.29) is 0 Å². The van der Waals surface area contributed by atoms with Crippen LogP contribution in [0.3, 0.4) is 0 Å². The van der Waals surface area contributed by atoms with E-state index in [1.54, 1.807) is 0 Å². The van der Waals surface area contributed by atoms with E-state index < -0.39 is 0 Å². The number of hydrogen-bond donors (Lipinski definition) is 0. The number of aryl methyl sites for hydroxylation is 2. The van der Waals surface area contributed by atoms with Crippen LogP contribution in [0.15, 0.2) is 18.2 Å². The molecule has 0 N–H and O–H groups in total. The molecule has 0 atom stereocenters. The summed E-state index contributed by atoms with van der Waals surface area (Å²) < 4.78 is 5.84. The summed E-state index contributed by atoms with van der Waals surface area (Å²) in [5, 5.41) is 8.33. The lowest BCUT2D eigenvalue weighted by Crippen LogP contribution is -2.08. The number of benzene rings is 1. The van der Waals surface area contributed by atoms with Crippen LogP contribution in [0.1, 0.15) is 5.82 Å². The summed E-state index contributed by atoms with van der Waals surface area (Å²) >= 11 is 1.27. The SMILES string of the molecule is Cc1nc2cc(N(C)c3nnns3)ccc2n1C. The fourth-order valence-corrected chi connectivity index (χ4v) is 2.33. The van der Waals surface area contributed by atoms with Crippen molar-refractivity contribution in [3.05, 3.63) is 24.0 Å². The van der Waals surface area contributed by atoms with Gasteiger partial charge in [0.15, 0.2) is 0 Å². The molecule has 0 saturated heterocycles. The van der Waals surface area contributed by atoms with Gasteiger partial charge in [-0.25, -0.2) is 4.98 Å². The molecule has 2 heterocycles. The predicted octanol–water partition coefficient (Wildman–Crippen LogP) is 1.90.